The minimum Gasteiger partial charge on any atom is -0.342 e. The number of rotatable bonds is 5. The van der Waals surface area contributed by atoms with E-state index in [2.05, 4.69) is 16.9 Å². The van der Waals surface area contributed by atoms with E-state index in [1.807, 2.05) is 36.4 Å². The van der Waals surface area contributed by atoms with Gasteiger partial charge in [-0.3, -0.25) is 9.78 Å². The van der Waals surface area contributed by atoms with E-state index < -0.39 is 0 Å². The number of thiazole rings is 1. The molecule has 0 saturated heterocycles. The number of hydrogen-bond acceptors (Lipinski definition) is 4. The van der Waals surface area contributed by atoms with Crippen LogP contribution in [0.5, 0.6) is 0 Å². The van der Waals surface area contributed by atoms with Gasteiger partial charge in [0.1, 0.15) is 0 Å². The maximum absolute atomic E-state index is 12.9. The minimum absolute atomic E-state index is 0.125. The lowest BCUT2D eigenvalue weighted by Crippen LogP contribution is -2.39. The molecular formula is C18H23N3OS. The van der Waals surface area contributed by atoms with Crippen molar-refractivity contribution < 1.29 is 4.79 Å². The van der Waals surface area contributed by atoms with Crippen LogP contribution < -0.4 is 0 Å². The highest BCUT2D eigenvalue weighted by atomic mass is 32.1. The zero-order chi connectivity index (χ0) is 16.2. The molecule has 2 aromatic heterocycles. The normalized spacial score (nSPS) is 16.9. The van der Waals surface area contributed by atoms with Crippen molar-refractivity contribution in [1.82, 2.24) is 14.9 Å². The Morgan fingerprint density at radius 1 is 1.39 bits per heavy atom. The zero-order valence-corrected chi connectivity index (χ0v) is 14.6. The standard InChI is InChI=1S/C18H23N3OS/c1-3-21(11-8-14-6-9-19-10-7-14)18(22)15-4-5-16-17(12-15)23-13(2)20-16/h6-7,9-10,15H,3-5,8,11-12H2,1-2H3. The van der Waals surface area contributed by atoms with Gasteiger partial charge in [-0.1, -0.05) is 0 Å². The first kappa shape index (κ1) is 16.1. The van der Waals surface area contributed by atoms with Crippen molar-refractivity contribution in [2.45, 2.75) is 39.5 Å². The van der Waals surface area contributed by atoms with Crippen LogP contribution in [-0.2, 0) is 24.1 Å². The van der Waals surface area contributed by atoms with E-state index >= 15 is 0 Å². The minimum atomic E-state index is 0.125. The number of carbonyl (C=O) groups excluding carboxylic acids is 1. The van der Waals surface area contributed by atoms with E-state index in [1.165, 1.54) is 16.1 Å². The van der Waals surface area contributed by atoms with Crippen LogP contribution in [0.2, 0.25) is 0 Å². The summed E-state index contributed by atoms with van der Waals surface area (Å²) in [6, 6.07) is 4.04. The van der Waals surface area contributed by atoms with Crippen molar-refractivity contribution in [3.8, 4) is 0 Å². The molecule has 1 amide bonds. The van der Waals surface area contributed by atoms with Gasteiger partial charge in [-0.05, 0) is 57.2 Å². The molecule has 0 aromatic carbocycles. The van der Waals surface area contributed by atoms with Crippen LogP contribution in [0.4, 0.5) is 0 Å². The molecule has 0 spiro atoms. The predicted molar refractivity (Wildman–Crippen MR) is 92.6 cm³/mol. The molecule has 2 aromatic rings. The fraction of sp³-hybridized carbons (Fsp3) is 0.500. The average Bonchev–Trinajstić information content (AvgIpc) is 2.95. The molecule has 4 nitrogen and oxygen atoms in total. The fourth-order valence-electron chi connectivity index (χ4n) is 3.21. The lowest BCUT2D eigenvalue weighted by atomic mass is 9.90. The van der Waals surface area contributed by atoms with Gasteiger partial charge in [0, 0.05) is 36.3 Å². The average molecular weight is 329 g/mol. The summed E-state index contributed by atoms with van der Waals surface area (Å²) >= 11 is 1.75. The van der Waals surface area contributed by atoms with Crippen LogP contribution in [0.3, 0.4) is 0 Å². The molecule has 122 valence electrons. The third-order valence-electron chi connectivity index (χ3n) is 4.51. The van der Waals surface area contributed by atoms with Crippen LogP contribution >= 0.6 is 11.3 Å². The topological polar surface area (TPSA) is 46.1 Å². The molecule has 1 atom stereocenters. The highest BCUT2D eigenvalue weighted by Gasteiger charge is 2.29. The Morgan fingerprint density at radius 3 is 2.91 bits per heavy atom. The van der Waals surface area contributed by atoms with Gasteiger partial charge in [-0.15, -0.1) is 11.3 Å². The van der Waals surface area contributed by atoms with E-state index in [0.29, 0.717) is 5.91 Å². The second-order valence-corrected chi connectivity index (χ2v) is 7.35. The van der Waals surface area contributed by atoms with Gasteiger partial charge in [0.2, 0.25) is 5.91 Å². The Morgan fingerprint density at radius 2 is 2.17 bits per heavy atom. The van der Waals surface area contributed by atoms with Gasteiger partial charge in [-0.25, -0.2) is 4.98 Å². The molecule has 0 saturated carbocycles. The summed E-state index contributed by atoms with van der Waals surface area (Å²) in [6.07, 6.45) is 7.24. The molecule has 1 aliphatic carbocycles. The van der Waals surface area contributed by atoms with Crippen LogP contribution in [-0.4, -0.2) is 33.9 Å². The van der Waals surface area contributed by atoms with Crippen molar-refractivity contribution in [2.24, 2.45) is 5.92 Å². The lowest BCUT2D eigenvalue weighted by molar-refractivity contribution is -0.135. The third kappa shape index (κ3) is 3.78. The molecule has 0 N–H and O–H groups in total. The Hall–Kier alpha value is -1.75. The first-order valence-electron chi connectivity index (χ1n) is 8.30. The van der Waals surface area contributed by atoms with Crippen molar-refractivity contribution in [3.05, 3.63) is 45.7 Å². The maximum Gasteiger partial charge on any atom is 0.226 e. The Bertz CT molecular complexity index is 668. The molecule has 0 fully saturated rings. The van der Waals surface area contributed by atoms with E-state index in [0.717, 1.165) is 43.8 Å². The molecule has 0 radical (unpaired) electrons. The van der Waals surface area contributed by atoms with E-state index in [1.54, 1.807) is 11.3 Å². The van der Waals surface area contributed by atoms with Crippen LogP contribution in [0.15, 0.2) is 24.5 Å². The number of pyridine rings is 1. The number of aryl methyl sites for hydroxylation is 2. The van der Waals surface area contributed by atoms with Gasteiger partial charge in [-0.2, -0.15) is 0 Å². The number of nitrogens with zero attached hydrogens (tertiary/aromatic N) is 3. The monoisotopic (exact) mass is 329 g/mol. The third-order valence-corrected chi connectivity index (χ3v) is 5.54. The maximum atomic E-state index is 12.9. The number of carbonyl (C=O) groups is 1. The fourth-order valence-corrected chi connectivity index (χ4v) is 4.27. The number of fused-ring (bicyclic) bond motifs is 1. The molecule has 2 heterocycles. The SMILES string of the molecule is CCN(CCc1ccncc1)C(=O)C1CCc2nc(C)sc2C1. The second-order valence-electron chi connectivity index (χ2n) is 6.07. The van der Waals surface area contributed by atoms with Crippen molar-refractivity contribution in [1.29, 1.82) is 0 Å². The van der Waals surface area contributed by atoms with Crippen molar-refractivity contribution in [3.63, 3.8) is 0 Å². The molecule has 5 heteroatoms. The first-order valence-corrected chi connectivity index (χ1v) is 9.12. The number of likely N-dealkylation sites (N-methyl/N-ethyl adjacent to an activating group) is 1. The van der Waals surface area contributed by atoms with E-state index in [9.17, 15) is 4.79 Å². The van der Waals surface area contributed by atoms with Crippen LogP contribution in [0, 0.1) is 12.8 Å². The zero-order valence-electron chi connectivity index (χ0n) is 13.8. The largest absolute Gasteiger partial charge is 0.342 e. The summed E-state index contributed by atoms with van der Waals surface area (Å²) in [5.41, 5.74) is 2.45. The molecule has 1 unspecified atom stereocenters. The Balaban J connectivity index is 1.61. The highest BCUT2D eigenvalue weighted by molar-refractivity contribution is 7.11. The molecule has 3 rings (SSSR count). The van der Waals surface area contributed by atoms with Crippen molar-refractivity contribution >= 4 is 17.2 Å². The molecule has 0 aliphatic heterocycles. The van der Waals surface area contributed by atoms with Gasteiger partial charge in [0.05, 0.1) is 10.7 Å². The van der Waals surface area contributed by atoms with E-state index in [4.69, 9.17) is 0 Å². The van der Waals surface area contributed by atoms with Gasteiger partial charge in [0.25, 0.3) is 0 Å². The molecular weight excluding hydrogens is 306 g/mol. The van der Waals surface area contributed by atoms with Gasteiger partial charge >= 0.3 is 0 Å². The summed E-state index contributed by atoms with van der Waals surface area (Å²) in [5, 5.41) is 1.12. The highest BCUT2D eigenvalue weighted by Crippen LogP contribution is 2.30. The smallest absolute Gasteiger partial charge is 0.226 e. The molecule has 23 heavy (non-hydrogen) atoms. The number of aromatic nitrogens is 2. The van der Waals surface area contributed by atoms with E-state index in [-0.39, 0.29) is 5.92 Å². The second kappa shape index (κ2) is 7.21. The van der Waals surface area contributed by atoms with Gasteiger partial charge < -0.3 is 4.90 Å². The summed E-state index contributed by atoms with van der Waals surface area (Å²) in [7, 11) is 0. The number of hydrogen-bond donors (Lipinski definition) is 0. The van der Waals surface area contributed by atoms with Crippen LogP contribution in [0.25, 0.3) is 0 Å². The summed E-state index contributed by atoms with van der Waals surface area (Å²) in [6.45, 7) is 5.67. The summed E-state index contributed by atoms with van der Waals surface area (Å²) in [4.78, 5) is 24.8. The Labute approximate surface area is 141 Å². The molecule has 0 bridgehead atoms. The predicted octanol–water partition coefficient (Wildman–Crippen LogP) is 3.04. The summed E-state index contributed by atoms with van der Waals surface area (Å²) < 4.78 is 0. The van der Waals surface area contributed by atoms with Gasteiger partial charge in [0.15, 0.2) is 0 Å². The lowest BCUT2D eigenvalue weighted by Gasteiger charge is -2.28. The molecule has 1 aliphatic rings. The van der Waals surface area contributed by atoms with Crippen LogP contribution in [0.1, 0.15) is 34.5 Å². The van der Waals surface area contributed by atoms with Crippen molar-refractivity contribution in [2.75, 3.05) is 13.1 Å². The Kier molecular flexibility index (Phi) is 5.06. The summed E-state index contributed by atoms with van der Waals surface area (Å²) in [5.74, 6) is 0.429. The quantitative estimate of drug-likeness (QED) is 0.847. The first-order chi connectivity index (χ1) is 11.2. The number of amides is 1.